The highest BCUT2D eigenvalue weighted by Crippen LogP contribution is 2.27. The molecule has 0 unspecified atom stereocenters. The molecule has 6 rings (SSSR count). The van der Waals surface area contributed by atoms with Crippen molar-refractivity contribution < 1.29 is 49.3 Å². The Hall–Kier alpha value is -5.66. The number of ether oxygens (including phenoxy) is 3. The van der Waals surface area contributed by atoms with Gasteiger partial charge >= 0.3 is 11.9 Å². The van der Waals surface area contributed by atoms with Crippen molar-refractivity contribution in [3.63, 3.8) is 0 Å². The number of hydrogen-bond acceptors (Lipinski definition) is 9. The molecular weight excluding hydrogens is 656 g/mol. The van der Waals surface area contributed by atoms with E-state index in [-0.39, 0.29) is 51.8 Å². The first-order chi connectivity index (χ1) is 24.7. The van der Waals surface area contributed by atoms with E-state index in [9.17, 15) is 30.0 Å². The maximum absolute atomic E-state index is 11.5. The van der Waals surface area contributed by atoms with E-state index >= 15 is 0 Å². The molecule has 0 aliphatic heterocycles. The number of methoxy groups -OCH3 is 1. The number of benzene rings is 4. The molecule has 7 N–H and O–H groups in total. The second-order valence-corrected chi connectivity index (χ2v) is 11.9. The number of rotatable bonds is 14. The molecule has 266 valence electrons. The molecule has 0 aliphatic rings. The average Bonchev–Trinajstić information content (AvgIpc) is 3.75. The lowest BCUT2D eigenvalue weighted by Crippen LogP contribution is -2.03. The minimum Gasteiger partial charge on any atom is -0.489 e. The van der Waals surface area contributed by atoms with Crippen LogP contribution in [0.3, 0.4) is 0 Å². The number of fused-ring (bicyclic) bond motifs is 2. The van der Waals surface area contributed by atoms with Gasteiger partial charge in [-0.2, -0.15) is 0 Å². The summed E-state index contributed by atoms with van der Waals surface area (Å²) in [7, 11) is 1.37. The summed E-state index contributed by atoms with van der Waals surface area (Å²) in [4.78, 5) is 28.7. The summed E-state index contributed by atoms with van der Waals surface area (Å²) in [6, 6.07) is 21.9. The molecule has 2 aromatic heterocycles. The Labute approximate surface area is 293 Å². The van der Waals surface area contributed by atoms with E-state index in [0.29, 0.717) is 23.7 Å². The Morgan fingerprint density at radius 3 is 1.33 bits per heavy atom. The number of aliphatic hydroxyl groups excluding tert-OH is 4. The van der Waals surface area contributed by atoms with Gasteiger partial charge in [0.25, 0.3) is 0 Å². The summed E-state index contributed by atoms with van der Waals surface area (Å²) < 4.78 is 16.4. The molecule has 0 spiro atoms. The molecule has 0 aliphatic carbocycles. The van der Waals surface area contributed by atoms with Gasteiger partial charge in [-0.15, -0.1) is 0 Å². The maximum atomic E-state index is 11.5. The van der Waals surface area contributed by atoms with Crippen LogP contribution in [0, 0.1) is 0 Å². The first kappa shape index (κ1) is 36.6. The van der Waals surface area contributed by atoms with Gasteiger partial charge in [0.2, 0.25) is 0 Å². The molecule has 0 bridgehead atoms. The van der Waals surface area contributed by atoms with Gasteiger partial charge in [-0.1, -0.05) is 36.4 Å². The van der Waals surface area contributed by atoms with Crippen LogP contribution >= 0.6 is 0 Å². The number of carbonyl (C=O) groups is 2. The van der Waals surface area contributed by atoms with E-state index in [2.05, 4.69) is 9.97 Å². The summed E-state index contributed by atoms with van der Waals surface area (Å²) in [6.45, 7) is 0.206. The smallest absolute Gasteiger partial charge is 0.310 e. The molecule has 2 heterocycles. The summed E-state index contributed by atoms with van der Waals surface area (Å²) in [5.74, 6) is 0.112. The van der Waals surface area contributed by atoms with Crippen LogP contribution in [0.15, 0.2) is 85.2 Å². The molecule has 0 saturated heterocycles. The van der Waals surface area contributed by atoms with Crippen molar-refractivity contribution in [2.45, 2.75) is 52.5 Å². The number of esters is 1. The monoisotopic (exact) mass is 696 g/mol. The van der Waals surface area contributed by atoms with Crippen molar-refractivity contribution in [3.05, 3.63) is 130 Å². The molecule has 0 fully saturated rings. The van der Waals surface area contributed by atoms with Crippen LogP contribution in [0.1, 0.15) is 44.5 Å². The molecule has 0 saturated carbocycles. The zero-order valence-electron chi connectivity index (χ0n) is 28.0. The van der Waals surface area contributed by atoms with E-state index in [1.54, 1.807) is 24.5 Å². The quantitative estimate of drug-likeness (QED) is 0.0778. The van der Waals surface area contributed by atoms with Gasteiger partial charge in [-0.3, -0.25) is 9.59 Å². The van der Waals surface area contributed by atoms with Crippen molar-refractivity contribution in [1.82, 2.24) is 9.97 Å². The van der Waals surface area contributed by atoms with Gasteiger partial charge < -0.3 is 49.7 Å². The molecule has 6 aromatic rings. The number of H-pyrrole nitrogens is 2. The Morgan fingerprint density at radius 1 is 0.569 bits per heavy atom. The molecule has 0 atom stereocenters. The topological polar surface area (TPSA) is 195 Å². The highest BCUT2D eigenvalue weighted by molar-refractivity contribution is 5.89. The largest absolute Gasteiger partial charge is 0.489 e. The summed E-state index contributed by atoms with van der Waals surface area (Å²) in [6.07, 6.45) is 3.63. The Kier molecular flexibility index (Phi) is 12.4. The third-order valence-corrected chi connectivity index (χ3v) is 8.15. The third-order valence-electron chi connectivity index (χ3n) is 8.15. The van der Waals surface area contributed by atoms with E-state index in [1.165, 1.54) is 7.11 Å². The summed E-state index contributed by atoms with van der Waals surface area (Å²) >= 11 is 0. The lowest BCUT2D eigenvalue weighted by Gasteiger charge is -2.10. The zero-order chi connectivity index (χ0) is 36.3. The standard InChI is InChI=1S/C20H21NO5.C19H19NO5/c1-25-20(24)7-16-9-21-19-3-2-17(8-18(16)19)26-12-15-5-13(10-22)4-14(6-15)11-23;21-9-12-3-13(10-22)5-14(4-12)11-25-16-1-2-18-17(7-16)15(8-20-18)6-19(23)24/h2-6,8-9,21-23H,7,10-12H2,1H3;1-5,7-8,20-22H,6,9-11H2,(H,23,24). The fourth-order valence-corrected chi connectivity index (χ4v) is 5.72. The zero-order valence-corrected chi connectivity index (χ0v) is 28.0. The van der Waals surface area contributed by atoms with E-state index < -0.39 is 5.97 Å². The van der Waals surface area contributed by atoms with Crippen LogP contribution in [0.25, 0.3) is 21.8 Å². The lowest BCUT2D eigenvalue weighted by atomic mass is 10.1. The minimum absolute atomic E-state index is 0.0537. The fraction of sp³-hybridized carbons (Fsp3) is 0.231. The highest BCUT2D eigenvalue weighted by atomic mass is 16.5. The van der Waals surface area contributed by atoms with E-state index in [4.69, 9.17) is 19.3 Å². The van der Waals surface area contributed by atoms with Gasteiger partial charge in [0.1, 0.15) is 24.7 Å². The van der Waals surface area contributed by atoms with Crippen molar-refractivity contribution in [1.29, 1.82) is 0 Å². The maximum Gasteiger partial charge on any atom is 0.310 e. The number of aliphatic hydroxyl groups is 4. The number of nitrogens with one attached hydrogen (secondary N) is 2. The second-order valence-electron chi connectivity index (χ2n) is 11.9. The molecule has 0 radical (unpaired) electrons. The Morgan fingerprint density at radius 2 is 0.961 bits per heavy atom. The number of carboxylic acid groups (broad SMARTS) is 1. The van der Waals surface area contributed by atoms with Crippen LogP contribution in [-0.4, -0.2) is 54.5 Å². The molecule has 4 aromatic carbocycles. The number of aliphatic carboxylic acids is 1. The Bertz CT molecular complexity index is 2070. The van der Waals surface area contributed by atoms with Crippen molar-refractivity contribution >= 4 is 33.7 Å². The number of aromatic amines is 2. The Balaban J connectivity index is 0.000000198. The van der Waals surface area contributed by atoms with Gasteiger partial charge in [-0.05, 0) is 80.9 Å². The molecule has 0 amide bonds. The molecule has 12 heteroatoms. The van der Waals surface area contributed by atoms with Gasteiger partial charge in [0.15, 0.2) is 0 Å². The van der Waals surface area contributed by atoms with Crippen molar-refractivity contribution in [3.8, 4) is 11.5 Å². The van der Waals surface area contributed by atoms with Crippen LogP contribution in [0.4, 0.5) is 0 Å². The second kappa shape index (κ2) is 17.3. The third kappa shape index (κ3) is 9.74. The van der Waals surface area contributed by atoms with Crippen LogP contribution in [0.5, 0.6) is 11.5 Å². The van der Waals surface area contributed by atoms with Gasteiger partial charge in [0, 0.05) is 34.2 Å². The first-order valence-electron chi connectivity index (χ1n) is 16.1. The predicted molar refractivity (Wildman–Crippen MR) is 189 cm³/mol. The fourth-order valence-electron chi connectivity index (χ4n) is 5.72. The molecule has 12 nitrogen and oxygen atoms in total. The van der Waals surface area contributed by atoms with Crippen LogP contribution < -0.4 is 9.47 Å². The summed E-state index contributed by atoms with van der Waals surface area (Å²) in [5, 5.41) is 47.9. The number of carboxylic acids is 1. The first-order valence-corrected chi connectivity index (χ1v) is 16.1. The molecule has 51 heavy (non-hydrogen) atoms. The van der Waals surface area contributed by atoms with E-state index in [1.807, 2.05) is 60.7 Å². The average molecular weight is 697 g/mol. The highest BCUT2D eigenvalue weighted by Gasteiger charge is 2.12. The lowest BCUT2D eigenvalue weighted by molar-refractivity contribution is -0.140. The van der Waals surface area contributed by atoms with Gasteiger partial charge in [-0.25, -0.2) is 0 Å². The summed E-state index contributed by atoms with van der Waals surface area (Å²) in [5.41, 5.74) is 7.94. The number of aromatic nitrogens is 2. The van der Waals surface area contributed by atoms with Crippen molar-refractivity contribution in [2.75, 3.05) is 7.11 Å². The van der Waals surface area contributed by atoms with Crippen LogP contribution in [-0.2, 0) is 66.8 Å². The number of hydrogen-bond donors (Lipinski definition) is 7. The predicted octanol–water partition coefficient (Wildman–Crippen LogP) is 4.81. The molecular formula is C39H40N2O10. The van der Waals surface area contributed by atoms with Crippen LogP contribution in [0.2, 0.25) is 0 Å². The SMILES string of the molecule is COC(=O)Cc1c[nH]c2ccc(OCc3cc(CO)cc(CO)c3)cc12.O=C(O)Cc1c[nH]c2ccc(OCc3cc(CO)cc(CO)c3)cc12. The number of carbonyl (C=O) groups excluding carboxylic acids is 1. The van der Waals surface area contributed by atoms with Gasteiger partial charge in [0.05, 0.1) is 46.4 Å². The normalized spacial score (nSPS) is 10.9. The van der Waals surface area contributed by atoms with Crippen molar-refractivity contribution in [2.24, 2.45) is 0 Å². The minimum atomic E-state index is -0.885. The van der Waals surface area contributed by atoms with E-state index in [0.717, 1.165) is 60.8 Å².